The van der Waals surface area contributed by atoms with Crippen molar-refractivity contribution in [3.8, 4) is 0 Å². The molecule has 17 heavy (non-hydrogen) atoms. The molecule has 2 heterocycles. The van der Waals surface area contributed by atoms with Crippen LogP contribution in [0.15, 0.2) is 24.3 Å². The molecule has 2 aliphatic rings. The quantitative estimate of drug-likeness (QED) is 0.670. The average Bonchev–Trinajstić information content (AvgIpc) is 2.69. The number of hydrogen-bond donors (Lipinski definition) is 0. The van der Waals surface area contributed by atoms with E-state index in [0.717, 1.165) is 31.4 Å². The third-order valence-corrected chi connectivity index (χ3v) is 4.76. The third-order valence-electron chi connectivity index (χ3n) is 4.76. The maximum Gasteiger partial charge on any atom is 0.254 e. The fraction of sp³-hybridized carbons (Fsp3) is 0.533. The molecule has 0 spiro atoms. The first-order valence-corrected chi connectivity index (χ1v) is 6.53. The molecule has 3 rings (SSSR count). The molecule has 0 aromatic heterocycles. The molecule has 1 aromatic carbocycles. The second-order valence-electron chi connectivity index (χ2n) is 5.68. The molecule has 90 valence electrons. The van der Waals surface area contributed by atoms with Crippen LogP contribution in [-0.4, -0.2) is 22.9 Å². The Bertz CT molecular complexity index is 468. The smallest absolute Gasteiger partial charge is 0.254 e. The monoisotopic (exact) mass is 229 g/mol. The molecule has 0 bridgehead atoms. The molecule has 2 atom stereocenters. The lowest BCUT2D eigenvalue weighted by atomic mass is 9.82. The van der Waals surface area contributed by atoms with Crippen molar-refractivity contribution in [2.45, 2.75) is 38.6 Å². The SMILES string of the molecule is C[C@@H]1Cc2ccccc2C(=O)N2CCC[C@@]12C. The zero-order valence-electron chi connectivity index (χ0n) is 10.6. The summed E-state index contributed by atoms with van der Waals surface area (Å²) in [4.78, 5) is 14.7. The highest BCUT2D eigenvalue weighted by Gasteiger charge is 2.46. The molecule has 2 aliphatic heterocycles. The predicted molar refractivity (Wildman–Crippen MR) is 68.0 cm³/mol. The number of carbonyl (C=O) groups is 1. The van der Waals surface area contributed by atoms with Gasteiger partial charge in [-0.2, -0.15) is 0 Å². The van der Waals surface area contributed by atoms with Gasteiger partial charge >= 0.3 is 0 Å². The molecular weight excluding hydrogens is 210 g/mol. The van der Waals surface area contributed by atoms with Gasteiger partial charge in [0.25, 0.3) is 5.91 Å². The van der Waals surface area contributed by atoms with Gasteiger partial charge in [0.05, 0.1) is 0 Å². The molecule has 1 fully saturated rings. The van der Waals surface area contributed by atoms with Crippen LogP contribution in [0.2, 0.25) is 0 Å². The van der Waals surface area contributed by atoms with Gasteiger partial charge in [0.1, 0.15) is 0 Å². The molecule has 0 N–H and O–H groups in total. The minimum atomic E-state index is 0.0656. The van der Waals surface area contributed by atoms with Gasteiger partial charge in [-0.05, 0) is 43.7 Å². The Morgan fingerprint density at radius 1 is 1.35 bits per heavy atom. The van der Waals surface area contributed by atoms with Crippen LogP contribution in [0.3, 0.4) is 0 Å². The molecule has 1 saturated heterocycles. The Kier molecular flexibility index (Phi) is 2.29. The normalized spacial score (nSPS) is 32.0. The van der Waals surface area contributed by atoms with E-state index in [4.69, 9.17) is 0 Å². The van der Waals surface area contributed by atoms with Gasteiger partial charge in [-0.1, -0.05) is 25.1 Å². The molecule has 0 unspecified atom stereocenters. The standard InChI is InChI=1S/C15H19NO/c1-11-10-12-6-3-4-7-13(12)14(17)16-9-5-8-15(11,16)2/h3-4,6-7,11H,5,8-10H2,1-2H3/t11-,15+/m1/s1. The predicted octanol–water partition coefficient (Wildman–Crippen LogP) is 2.87. The average molecular weight is 229 g/mol. The molecule has 0 saturated carbocycles. The zero-order chi connectivity index (χ0) is 12.0. The van der Waals surface area contributed by atoms with E-state index in [1.165, 1.54) is 5.56 Å². The van der Waals surface area contributed by atoms with Crippen LogP contribution in [0.1, 0.15) is 42.6 Å². The molecule has 1 amide bonds. The van der Waals surface area contributed by atoms with Crippen molar-refractivity contribution in [1.82, 2.24) is 4.90 Å². The van der Waals surface area contributed by atoms with Crippen molar-refractivity contribution in [1.29, 1.82) is 0 Å². The van der Waals surface area contributed by atoms with E-state index < -0.39 is 0 Å². The van der Waals surface area contributed by atoms with Crippen LogP contribution >= 0.6 is 0 Å². The van der Waals surface area contributed by atoms with E-state index in [0.29, 0.717) is 5.92 Å². The van der Waals surface area contributed by atoms with Gasteiger partial charge in [0.2, 0.25) is 0 Å². The second-order valence-corrected chi connectivity index (χ2v) is 5.68. The summed E-state index contributed by atoms with van der Waals surface area (Å²) in [6.07, 6.45) is 3.32. The highest BCUT2D eigenvalue weighted by Crippen LogP contribution is 2.41. The van der Waals surface area contributed by atoms with Gasteiger partial charge in [0, 0.05) is 17.6 Å². The summed E-state index contributed by atoms with van der Waals surface area (Å²) < 4.78 is 0. The fourth-order valence-corrected chi connectivity index (χ4v) is 3.43. The second kappa shape index (κ2) is 3.59. The van der Waals surface area contributed by atoms with Crippen LogP contribution in [-0.2, 0) is 6.42 Å². The first-order valence-electron chi connectivity index (χ1n) is 6.53. The van der Waals surface area contributed by atoms with E-state index in [-0.39, 0.29) is 11.4 Å². The van der Waals surface area contributed by atoms with Crippen molar-refractivity contribution in [2.75, 3.05) is 6.54 Å². The largest absolute Gasteiger partial charge is 0.333 e. The Labute approximate surface area is 103 Å². The van der Waals surface area contributed by atoms with Crippen LogP contribution < -0.4 is 0 Å². The number of carbonyl (C=O) groups excluding carboxylic acids is 1. The first-order chi connectivity index (χ1) is 8.13. The summed E-state index contributed by atoms with van der Waals surface area (Å²) in [7, 11) is 0. The van der Waals surface area contributed by atoms with Crippen molar-refractivity contribution in [2.24, 2.45) is 5.92 Å². The third kappa shape index (κ3) is 1.43. The summed E-state index contributed by atoms with van der Waals surface area (Å²) in [5.41, 5.74) is 2.21. The summed E-state index contributed by atoms with van der Waals surface area (Å²) in [5, 5.41) is 0. The lowest BCUT2D eigenvalue weighted by Gasteiger charge is -2.38. The number of amides is 1. The van der Waals surface area contributed by atoms with E-state index >= 15 is 0 Å². The van der Waals surface area contributed by atoms with E-state index in [2.05, 4.69) is 24.8 Å². The maximum absolute atomic E-state index is 12.6. The molecule has 0 aliphatic carbocycles. The van der Waals surface area contributed by atoms with Gasteiger partial charge in [-0.3, -0.25) is 4.79 Å². The highest BCUT2D eigenvalue weighted by atomic mass is 16.2. The number of rotatable bonds is 0. The summed E-state index contributed by atoms with van der Waals surface area (Å²) in [6, 6.07) is 8.10. The summed E-state index contributed by atoms with van der Waals surface area (Å²) in [5.74, 6) is 0.780. The van der Waals surface area contributed by atoms with Crippen molar-refractivity contribution >= 4 is 5.91 Å². The number of nitrogens with zero attached hydrogens (tertiary/aromatic N) is 1. The molecule has 0 radical (unpaired) electrons. The Morgan fingerprint density at radius 2 is 2.12 bits per heavy atom. The van der Waals surface area contributed by atoms with Gasteiger partial charge < -0.3 is 4.90 Å². The first kappa shape index (κ1) is 10.8. The highest BCUT2D eigenvalue weighted by molar-refractivity contribution is 5.96. The topological polar surface area (TPSA) is 20.3 Å². The molecule has 2 nitrogen and oxygen atoms in total. The zero-order valence-corrected chi connectivity index (χ0v) is 10.6. The van der Waals surface area contributed by atoms with Crippen molar-refractivity contribution in [3.05, 3.63) is 35.4 Å². The molecule has 1 aromatic rings. The van der Waals surface area contributed by atoms with E-state index in [1.807, 2.05) is 18.2 Å². The molecular formula is C15H19NO. The Morgan fingerprint density at radius 3 is 2.94 bits per heavy atom. The van der Waals surface area contributed by atoms with E-state index in [9.17, 15) is 4.79 Å². The maximum atomic E-state index is 12.6. The van der Waals surface area contributed by atoms with Crippen LogP contribution in [0.25, 0.3) is 0 Å². The number of fused-ring (bicyclic) bond motifs is 2. The summed E-state index contributed by atoms with van der Waals surface area (Å²) in [6.45, 7) is 5.47. The minimum Gasteiger partial charge on any atom is -0.333 e. The van der Waals surface area contributed by atoms with Crippen LogP contribution in [0.4, 0.5) is 0 Å². The van der Waals surface area contributed by atoms with Gasteiger partial charge in [-0.25, -0.2) is 0 Å². The number of benzene rings is 1. The molecule has 2 heteroatoms. The van der Waals surface area contributed by atoms with Crippen molar-refractivity contribution in [3.63, 3.8) is 0 Å². The van der Waals surface area contributed by atoms with Crippen molar-refractivity contribution < 1.29 is 4.79 Å². The van der Waals surface area contributed by atoms with Crippen LogP contribution in [0, 0.1) is 5.92 Å². The Hall–Kier alpha value is -1.31. The number of hydrogen-bond acceptors (Lipinski definition) is 1. The van der Waals surface area contributed by atoms with Crippen LogP contribution in [0.5, 0.6) is 0 Å². The summed E-state index contributed by atoms with van der Waals surface area (Å²) >= 11 is 0. The van der Waals surface area contributed by atoms with Gasteiger partial charge in [0.15, 0.2) is 0 Å². The minimum absolute atomic E-state index is 0.0656. The van der Waals surface area contributed by atoms with E-state index in [1.54, 1.807) is 0 Å². The lowest BCUT2D eigenvalue weighted by Crippen LogP contribution is -2.48. The van der Waals surface area contributed by atoms with Gasteiger partial charge in [-0.15, -0.1) is 0 Å². The Balaban J connectivity index is 2.13. The lowest BCUT2D eigenvalue weighted by molar-refractivity contribution is 0.0536. The fourth-order valence-electron chi connectivity index (χ4n) is 3.43.